The average Bonchev–Trinajstić information content (AvgIpc) is 3.23. The largest absolute Gasteiger partial charge is 0.450 e. The van der Waals surface area contributed by atoms with E-state index in [0.29, 0.717) is 15.9 Å². The number of nitrogens with one attached hydrogen (secondary N) is 1. The van der Waals surface area contributed by atoms with Crippen molar-refractivity contribution in [2.45, 2.75) is 23.5 Å². The molecule has 2 heterocycles. The molecule has 1 N–H and O–H groups in total. The van der Waals surface area contributed by atoms with Crippen molar-refractivity contribution in [3.63, 3.8) is 0 Å². The molecule has 3 amide bonds. The van der Waals surface area contributed by atoms with E-state index >= 15 is 0 Å². The highest BCUT2D eigenvalue weighted by Gasteiger charge is 2.33. The SMILES string of the molecule is Cc1cccc(CN2C(=O)N/C(=C/c3ccc(Sc4ccc(Cl)cc4)o3)C2=O)c1. The van der Waals surface area contributed by atoms with Crippen LogP contribution in [0, 0.1) is 6.92 Å². The smallest absolute Gasteiger partial charge is 0.329 e. The molecule has 7 heteroatoms. The van der Waals surface area contributed by atoms with Gasteiger partial charge in [0.05, 0.1) is 6.54 Å². The molecule has 4 rings (SSSR count). The van der Waals surface area contributed by atoms with E-state index in [1.807, 2.05) is 61.5 Å². The fourth-order valence-corrected chi connectivity index (χ4v) is 3.84. The second-order valence-corrected chi connectivity index (χ2v) is 8.10. The first-order valence-electron chi connectivity index (χ1n) is 8.91. The summed E-state index contributed by atoms with van der Waals surface area (Å²) in [5.41, 5.74) is 2.17. The third kappa shape index (κ3) is 4.55. The number of carbonyl (C=O) groups is 2. The van der Waals surface area contributed by atoms with E-state index in [-0.39, 0.29) is 18.1 Å². The number of furan rings is 1. The normalized spacial score (nSPS) is 15.2. The summed E-state index contributed by atoms with van der Waals surface area (Å²) in [4.78, 5) is 27.1. The summed E-state index contributed by atoms with van der Waals surface area (Å²) in [7, 11) is 0. The lowest BCUT2D eigenvalue weighted by atomic mass is 10.1. The molecule has 0 aliphatic carbocycles. The summed E-state index contributed by atoms with van der Waals surface area (Å²) in [6.07, 6.45) is 1.54. The second kappa shape index (κ2) is 8.19. The Morgan fingerprint density at radius 2 is 1.90 bits per heavy atom. The lowest BCUT2D eigenvalue weighted by molar-refractivity contribution is -0.123. The molecule has 146 valence electrons. The van der Waals surface area contributed by atoms with Crippen LogP contribution in [0.4, 0.5) is 4.79 Å². The quantitative estimate of drug-likeness (QED) is 0.434. The first-order valence-corrected chi connectivity index (χ1v) is 10.1. The van der Waals surface area contributed by atoms with Gasteiger partial charge in [-0.05, 0) is 48.9 Å². The van der Waals surface area contributed by atoms with Crippen LogP contribution in [0.5, 0.6) is 0 Å². The summed E-state index contributed by atoms with van der Waals surface area (Å²) in [5.74, 6) is 0.113. The van der Waals surface area contributed by atoms with E-state index in [4.69, 9.17) is 16.0 Å². The van der Waals surface area contributed by atoms with Crippen molar-refractivity contribution in [2.24, 2.45) is 0 Å². The lowest BCUT2D eigenvalue weighted by Crippen LogP contribution is -2.30. The predicted molar refractivity (Wildman–Crippen MR) is 113 cm³/mol. The minimum Gasteiger partial charge on any atom is -0.450 e. The van der Waals surface area contributed by atoms with E-state index in [2.05, 4.69) is 5.32 Å². The molecule has 1 aliphatic heterocycles. The number of carbonyl (C=O) groups excluding carboxylic acids is 2. The Bertz CT molecular complexity index is 1110. The Morgan fingerprint density at radius 3 is 2.66 bits per heavy atom. The third-order valence-electron chi connectivity index (χ3n) is 4.31. The van der Waals surface area contributed by atoms with Crippen molar-refractivity contribution < 1.29 is 14.0 Å². The standard InChI is InChI=1S/C22H17ClN2O3S/c1-14-3-2-4-15(11-14)13-25-21(26)19(24-22(25)27)12-17-7-10-20(28-17)29-18-8-5-16(23)6-9-18/h2-12H,13H2,1H3,(H,24,27)/b19-12+. The van der Waals surface area contributed by atoms with E-state index in [9.17, 15) is 9.59 Å². The van der Waals surface area contributed by atoms with Crippen LogP contribution >= 0.6 is 23.4 Å². The molecule has 3 aromatic rings. The maximum atomic E-state index is 12.7. The van der Waals surface area contributed by atoms with E-state index < -0.39 is 6.03 Å². The van der Waals surface area contributed by atoms with Gasteiger partial charge >= 0.3 is 6.03 Å². The van der Waals surface area contributed by atoms with Gasteiger partial charge in [-0.15, -0.1) is 0 Å². The van der Waals surface area contributed by atoms with Gasteiger partial charge in [-0.2, -0.15) is 0 Å². The van der Waals surface area contributed by atoms with Gasteiger partial charge in [0.15, 0.2) is 5.09 Å². The zero-order valence-electron chi connectivity index (χ0n) is 15.5. The summed E-state index contributed by atoms with van der Waals surface area (Å²) in [6.45, 7) is 2.19. The zero-order chi connectivity index (χ0) is 20.4. The Morgan fingerprint density at radius 1 is 1.10 bits per heavy atom. The highest BCUT2D eigenvalue weighted by atomic mass is 35.5. The molecule has 0 unspecified atom stereocenters. The molecule has 1 fully saturated rings. The molecule has 0 spiro atoms. The second-order valence-electron chi connectivity index (χ2n) is 6.58. The molecule has 0 radical (unpaired) electrons. The molecule has 29 heavy (non-hydrogen) atoms. The molecule has 1 saturated heterocycles. The third-order valence-corrected chi connectivity index (χ3v) is 5.49. The van der Waals surface area contributed by atoms with Crippen molar-refractivity contribution in [3.05, 3.63) is 88.3 Å². The van der Waals surface area contributed by atoms with Gasteiger partial charge in [-0.3, -0.25) is 9.69 Å². The average molecular weight is 425 g/mol. The van der Waals surface area contributed by atoms with Crippen LogP contribution in [0.15, 0.2) is 80.8 Å². The number of amides is 3. The molecule has 0 saturated carbocycles. The summed E-state index contributed by atoms with van der Waals surface area (Å²) < 4.78 is 5.76. The summed E-state index contributed by atoms with van der Waals surface area (Å²) in [6, 6.07) is 18.3. The highest BCUT2D eigenvalue weighted by molar-refractivity contribution is 7.99. The number of hydrogen-bond acceptors (Lipinski definition) is 4. The van der Waals surface area contributed by atoms with Gasteiger partial charge in [-0.1, -0.05) is 53.2 Å². The summed E-state index contributed by atoms with van der Waals surface area (Å²) in [5, 5.41) is 3.96. The maximum Gasteiger partial charge on any atom is 0.329 e. The number of nitrogens with zero attached hydrogens (tertiary/aromatic N) is 1. The number of hydrogen-bond donors (Lipinski definition) is 1. The van der Waals surface area contributed by atoms with Crippen LogP contribution < -0.4 is 5.32 Å². The van der Waals surface area contributed by atoms with Gasteiger partial charge in [0.2, 0.25) is 0 Å². The topological polar surface area (TPSA) is 62.6 Å². The Kier molecular flexibility index (Phi) is 5.47. The first-order chi connectivity index (χ1) is 14.0. The minimum absolute atomic E-state index is 0.194. The Labute approximate surface area is 177 Å². The first kappa shape index (κ1) is 19.4. The van der Waals surface area contributed by atoms with Crippen molar-refractivity contribution in [1.82, 2.24) is 10.2 Å². The van der Waals surface area contributed by atoms with Crippen molar-refractivity contribution in [3.8, 4) is 0 Å². The van der Waals surface area contributed by atoms with Crippen LogP contribution in [-0.2, 0) is 11.3 Å². The molecule has 0 bridgehead atoms. The maximum absolute atomic E-state index is 12.7. The number of halogens is 1. The van der Waals surface area contributed by atoms with Gasteiger partial charge < -0.3 is 9.73 Å². The monoisotopic (exact) mass is 424 g/mol. The number of rotatable bonds is 5. The highest BCUT2D eigenvalue weighted by Crippen LogP contribution is 2.30. The Balaban J connectivity index is 1.47. The molecule has 1 aliphatic rings. The van der Waals surface area contributed by atoms with Crippen LogP contribution in [0.1, 0.15) is 16.9 Å². The number of benzene rings is 2. The fraction of sp³-hybridized carbons (Fsp3) is 0.0909. The van der Waals surface area contributed by atoms with Crippen molar-refractivity contribution in [1.29, 1.82) is 0 Å². The van der Waals surface area contributed by atoms with Crippen LogP contribution in [0.25, 0.3) is 6.08 Å². The molecule has 2 aromatic carbocycles. The number of urea groups is 1. The zero-order valence-corrected chi connectivity index (χ0v) is 17.1. The molecular formula is C22H17ClN2O3S. The fourth-order valence-electron chi connectivity index (χ4n) is 2.94. The van der Waals surface area contributed by atoms with Gasteiger partial charge in [-0.25, -0.2) is 4.79 Å². The number of aryl methyl sites for hydroxylation is 1. The molecule has 1 aromatic heterocycles. The molecular weight excluding hydrogens is 408 g/mol. The molecule has 0 atom stereocenters. The summed E-state index contributed by atoms with van der Waals surface area (Å²) >= 11 is 7.34. The van der Waals surface area contributed by atoms with E-state index in [1.54, 1.807) is 12.1 Å². The minimum atomic E-state index is -0.440. The van der Waals surface area contributed by atoms with Crippen LogP contribution in [-0.4, -0.2) is 16.8 Å². The number of imide groups is 1. The van der Waals surface area contributed by atoms with Gasteiger partial charge in [0, 0.05) is 16.0 Å². The van der Waals surface area contributed by atoms with E-state index in [1.165, 1.54) is 16.7 Å². The lowest BCUT2D eigenvalue weighted by Gasteiger charge is -2.12. The van der Waals surface area contributed by atoms with Crippen LogP contribution in [0.3, 0.4) is 0 Å². The van der Waals surface area contributed by atoms with Gasteiger partial charge in [0.1, 0.15) is 11.5 Å². The Hall–Kier alpha value is -2.96. The predicted octanol–water partition coefficient (Wildman–Crippen LogP) is 5.49. The molecule has 5 nitrogen and oxygen atoms in total. The van der Waals surface area contributed by atoms with Gasteiger partial charge in [0.25, 0.3) is 5.91 Å². The van der Waals surface area contributed by atoms with Crippen molar-refractivity contribution in [2.75, 3.05) is 0 Å². The van der Waals surface area contributed by atoms with E-state index in [0.717, 1.165) is 16.0 Å². The van der Waals surface area contributed by atoms with Crippen molar-refractivity contribution >= 4 is 41.4 Å². The van der Waals surface area contributed by atoms with Crippen LogP contribution in [0.2, 0.25) is 5.02 Å².